The maximum Gasteiger partial charge on any atom is 0.233 e. The molecule has 2 aromatic rings. The van der Waals surface area contributed by atoms with Gasteiger partial charge in [0.05, 0.1) is 33.0 Å². The highest BCUT2D eigenvalue weighted by Crippen LogP contribution is 2.28. The third-order valence-electron chi connectivity index (χ3n) is 4.31. The van der Waals surface area contributed by atoms with Crippen LogP contribution in [0.15, 0.2) is 22.5 Å². The highest BCUT2D eigenvalue weighted by atomic mass is 35.5. The van der Waals surface area contributed by atoms with Gasteiger partial charge < -0.3 is 4.90 Å². The minimum absolute atomic E-state index is 0.0438. The Labute approximate surface area is 186 Å². The van der Waals surface area contributed by atoms with Gasteiger partial charge in [-0.25, -0.2) is 13.1 Å². The summed E-state index contributed by atoms with van der Waals surface area (Å²) in [6.45, 7) is 2.34. The van der Waals surface area contributed by atoms with Crippen molar-refractivity contribution >= 4 is 74.3 Å². The molecule has 3 rings (SSSR count). The second-order valence-electron chi connectivity index (χ2n) is 6.17. The zero-order chi connectivity index (χ0) is 20.5. The van der Waals surface area contributed by atoms with Gasteiger partial charge in [0.2, 0.25) is 5.91 Å². The van der Waals surface area contributed by atoms with E-state index in [1.54, 1.807) is 27.8 Å². The summed E-state index contributed by atoms with van der Waals surface area (Å²) in [5.41, 5.74) is 0.695. The lowest BCUT2D eigenvalue weighted by Gasteiger charge is -2.26. The van der Waals surface area contributed by atoms with Gasteiger partial charge in [-0.3, -0.25) is 4.79 Å². The van der Waals surface area contributed by atoms with Crippen LogP contribution < -0.4 is 0 Å². The molecule has 1 saturated heterocycles. The number of rotatable bonds is 6. The van der Waals surface area contributed by atoms with E-state index in [1.165, 1.54) is 23.1 Å². The number of thioether (sulfide) groups is 1. The topological polar surface area (TPSA) is 72.3 Å². The molecule has 12 heteroatoms. The van der Waals surface area contributed by atoms with Crippen molar-refractivity contribution in [3.05, 3.63) is 32.2 Å². The average Bonchev–Trinajstić information content (AvgIpc) is 3.18. The Morgan fingerprint density at radius 3 is 2.79 bits per heavy atom. The molecule has 0 N–H and O–H groups in total. The van der Waals surface area contributed by atoms with E-state index in [2.05, 4.69) is 5.10 Å². The summed E-state index contributed by atoms with van der Waals surface area (Å²) in [4.78, 5) is 14.3. The number of sulfone groups is 1. The molecule has 1 atom stereocenters. The van der Waals surface area contributed by atoms with Gasteiger partial charge >= 0.3 is 0 Å². The summed E-state index contributed by atoms with van der Waals surface area (Å²) in [6, 6.07) is 4.88. The molecule has 1 aromatic carbocycles. The largest absolute Gasteiger partial charge is 0.338 e. The van der Waals surface area contributed by atoms with E-state index in [0.717, 1.165) is 0 Å². The first-order chi connectivity index (χ1) is 13.2. The summed E-state index contributed by atoms with van der Waals surface area (Å²) in [5, 5.41) is 5.31. The van der Waals surface area contributed by atoms with E-state index in [1.807, 2.05) is 6.92 Å². The second kappa shape index (κ2) is 9.01. The molecule has 0 spiro atoms. The predicted octanol–water partition coefficient (Wildman–Crippen LogP) is 4.10. The van der Waals surface area contributed by atoms with Crippen molar-refractivity contribution in [2.24, 2.45) is 0 Å². The fourth-order valence-electron chi connectivity index (χ4n) is 2.96. The van der Waals surface area contributed by atoms with Gasteiger partial charge in [-0.2, -0.15) is 0 Å². The lowest BCUT2D eigenvalue weighted by molar-refractivity contribution is -0.129. The molecule has 152 valence electrons. The summed E-state index contributed by atoms with van der Waals surface area (Å²) in [5.74, 6) is 0.261. The van der Waals surface area contributed by atoms with Crippen LogP contribution in [-0.2, 0) is 14.6 Å². The van der Waals surface area contributed by atoms with Crippen LogP contribution in [0.2, 0.25) is 10.0 Å². The van der Waals surface area contributed by atoms with E-state index in [9.17, 15) is 13.2 Å². The van der Waals surface area contributed by atoms with Crippen LogP contribution >= 0.6 is 58.5 Å². The van der Waals surface area contributed by atoms with Crippen molar-refractivity contribution in [1.82, 2.24) is 14.7 Å². The highest BCUT2D eigenvalue weighted by Gasteiger charge is 2.33. The predicted molar refractivity (Wildman–Crippen MR) is 117 cm³/mol. The van der Waals surface area contributed by atoms with E-state index in [-0.39, 0.29) is 29.2 Å². The number of aromatic nitrogens is 2. The molecule has 1 fully saturated rings. The number of carbonyl (C=O) groups is 1. The minimum Gasteiger partial charge on any atom is -0.338 e. The Balaban J connectivity index is 1.68. The van der Waals surface area contributed by atoms with Crippen LogP contribution in [0.5, 0.6) is 0 Å². The van der Waals surface area contributed by atoms with Gasteiger partial charge in [-0.1, -0.05) is 46.3 Å². The molecule has 1 aliphatic rings. The molecule has 0 saturated carbocycles. The highest BCUT2D eigenvalue weighted by molar-refractivity contribution is 8.01. The van der Waals surface area contributed by atoms with Crippen LogP contribution in [-0.4, -0.2) is 58.9 Å². The van der Waals surface area contributed by atoms with Gasteiger partial charge in [0.25, 0.3) is 0 Å². The molecule has 0 aliphatic carbocycles. The normalized spacial score (nSPS) is 18.3. The molecule has 0 bridgehead atoms. The molecule has 28 heavy (non-hydrogen) atoms. The third kappa shape index (κ3) is 5.09. The first-order valence-corrected chi connectivity index (χ1v) is 13.2. The van der Waals surface area contributed by atoms with Crippen molar-refractivity contribution in [2.45, 2.75) is 23.7 Å². The Hall–Kier alpha value is -0.650. The zero-order valence-corrected chi connectivity index (χ0v) is 19.6. The zero-order valence-electron chi connectivity index (χ0n) is 14.8. The summed E-state index contributed by atoms with van der Waals surface area (Å²) < 4.78 is 26.2. The molecule has 0 radical (unpaired) electrons. The van der Waals surface area contributed by atoms with E-state index in [4.69, 9.17) is 35.4 Å². The smallest absolute Gasteiger partial charge is 0.233 e. The molecule has 1 amide bonds. The first kappa shape index (κ1) is 22.0. The van der Waals surface area contributed by atoms with Crippen LogP contribution in [0.4, 0.5) is 0 Å². The van der Waals surface area contributed by atoms with Crippen molar-refractivity contribution < 1.29 is 13.2 Å². The maximum absolute atomic E-state index is 12.6. The second-order valence-corrected chi connectivity index (χ2v) is 12.1. The van der Waals surface area contributed by atoms with Crippen LogP contribution in [0.25, 0.3) is 5.69 Å². The average molecular weight is 499 g/mol. The summed E-state index contributed by atoms with van der Waals surface area (Å²) in [6.07, 6.45) is 0.497. The molecule has 1 aromatic heterocycles. The van der Waals surface area contributed by atoms with Crippen molar-refractivity contribution in [1.29, 1.82) is 0 Å². The quantitative estimate of drug-likeness (QED) is 0.441. The molecule has 2 heterocycles. The lowest BCUT2D eigenvalue weighted by atomic mass is 10.2. The fourth-order valence-corrected chi connectivity index (χ4v) is 7.24. The molecule has 6 nitrogen and oxygen atoms in total. The SMILES string of the molecule is CCN(C(=O)CSc1nn(-c2ccc(Cl)c(Cl)c2)c(=S)s1)C1CCS(=O)(=O)C1. The number of nitrogens with zero attached hydrogens (tertiary/aromatic N) is 3. The third-order valence-corrected chi connectivity index (χ3v) is 9.15. The Morgan fingerprint density at radius 2 is 2.18 bits per heavy atom. The molecular formula is C16H17Cl2N3O3S4. The standard InChI is InChI=1S/C16H17Cl2N3O3S4/c1-2-20(11-5-6-28(23,24)9-11)14(22)8-26-15-19-21(16(25)27-15)10-3-4-12(17)13(18)7-10/h3-4,7,11H,2,5-6,8-9H2,1H3. The maximum atomic E-state index is 12.6. The number of benzene rings is 1. The number of carbonyl (C=O) groups excluding carboxylic acids is 1. The Bertz CT molecular complexity index is 1050. The summed E-state index contributed by atoms with van der Waals surface area (Å²) in [7, 11) is -3.04. The van der Waals surface area contributed by atoms with E-state index < -0.39 is 9.84 Å². The van der Waals surface area contributed by atoms with Crippen LogP contribution in [0.3, 0.4) is 0 Å². The minimum atomic E-state index is -3.04. The fraction of sp³-hybridized carbons (Fsp3) is 0.438. The van der Waals surface area contributed by atoms with Crippen molar-refractivity contribution in [2.75, 3.05) is 23.8 Å². The Morgan fingerprint density at radius 1 is 1.43 bits per heavy atom. The van der Waals surface area contributed by atoms with Gasteiger partial charge in [0, 0.05) is 12.6 Å². The monoisotopic (exact) mass is 497 g/mol. The van der Waals surface area contributed by atoms with Gasteiger partial charge in [0.1, 0.15) is 0 Å². The van der Waals surface area contributed by atoms with E-state index >= 15 is 0 Å². The summed E-state index contributed by atoms with van der Waals surface area (Å²) >= 11 is 20.0. The number of amides is 1. The molecular weight excluding hydrogens is 481 g/mol. The van der Waals surface area contributed by atoms with Gasteiger partial charge in [-0.05, 0) is 43.8 Å². The number of hydrogen-bond donors (Lipinski definition) is 0. The van der Waals surface area contributed by atoms with Gasteiger partial charge in [0.15, 0.2) is 18.1 Å². The van der Waals surface area contributed by atoms with E-state index in [0.29, 0.717) is 37.0 Å². The Kier molecular flexibility index (Phi) is 7.09. The molecule has 1 unspecified atom stereocenters. The molecule has 1 aliphatic heterocycles. The lowest BCUT2D eigenvalue weighted by Crippen LogP contribution is -2.41. The number of hydrogen-bond acceptors (Lipinski definition) is 7. The number of halogens is 2. The van der Waals surface area contributed by atoms with Crippen LogP contribution in [0, 0.1) is 3.95 Å². The first-order valence-electron chi connectivity index (χ1n) is 8.38. The van der Waals surface area contributed by atoms with Gasteiger partial charge in [-0.15, -0.1) is 5.10 Å². The van der Waals surface area contributed by atoms with Crippen molar-refractivity contribution in [3.8, 4) is 5.69 Å². The van der Waals surface area contributed by atoms with Crippen LogP contribution in [0.1, 0.15) is 13.3 Å². The van der Waals surface area contributed by atoms with Crippen molar-refractivity contribution in [3.63, 3.8) is 0 Å².